The fourth-order valence-corrected chi connectivity index (χ4v) is 2.53. The average molecular weight is 328 g/mol. The van der Waals surface area contributed by atoms with Crippen molar-refractivity contribution in [2.45, 2.75) is 12.8 Å². The van der Waals surface area contributed by atoms with Gasteiger partial charge in [-0.3, -0.25) is 0 Å². The second kappa shape index (κ2) is 6.04. The van der Waals surface area contributed by atoms with Crippen molar-refractivity contribution in [1.29, 1.82) is 5.26 Å². The molecule has 8 heteroatoms. The Kier molecular flexibility index (Phi) is 3.92. The molecule has 7 nitrogen and oxygen atoms in total. The van der Waals surface area contributed by atoms with Gasteiger partial charge in [-0.15, -0.1) is 0 Å². The van der Waals surface area contributed by atoms with Crippen molar-refractivity contribution in [2.24, 2.45) is 5.73 Å². The summed E-state index contributed by atoms with van der Waals surface area (Å²) in [5.41, 5.74) is 6.72. The molecule has 1 atom stereocenters. The molecule has 0 spiro atoms. The molecule has 1 aromatic carbocycles. The molecule has 0 saturated carbocycles. The number of carbonyl (C=O) groups excluding carboxylic acids is 1. The van der Waals surface area contributed by atoms with Crippen LogP contribution in [0.5, 0.6) is 5.88 Å². The Balaban J connectivity index is 2.13. The zero-order chi connectivity index (χ0) is 17.3. The third kappa shape index (κ3) is 2.56. The molecule has 1 aromatic heterocycles. The average Bonchev–Trinajstić information content (AvgIpc) is 2.97. The number of nitrogens with two attached hydrogens (primary N) is 1. The first kappa shape index (κ1) is 15.6. The van der Waals surface area contributed by atoms with E-state index in [1.54, 1.807) is 13.0 Å². The van der Waals surface area contributed by atoms with E-state index in [-0.39, 0.29) is 29.8 Å². The summed E-state index contributed by atoms with van der Waals surface area (Å²) in [7, 11) is 0. The lowest BCUT2D eigenvalue weighted by Gasteiger charge is -2.22. The largest absolute Gasteiger partial charge is 0.460 e. The molecule has 0 radical (unpaired) electrons. The maximum absolute atomic E-state index is 13.6. The van der Waals surface area contributed by atoms with Crippen LogP contribution in [-0.2, 0) is 4.74 Å². The van der Waals surface area contributed by atoms with Crippen molar-refractivity contribution in [3.63, 3.8) is 0 Å². The van der Waals surface area contributed by atoms with Gasteiger partial charge >= 0.3 is 5.97 Å². The normalized spacial score (nSPS) is 16.1. The predicted molar refractivity (Wildman–Crippen MR) is 80.2 cm³/mol. The van der Waals surface area contributed by atoms with E-state index in [0.717, 1.165) is 0 Å². The Hall–Kier alpha value is -3.34. The van der Waals surface area contributed by atoms with Crippen LogP contribution in [-0.4, -0.2) is 22.5 Å². The number of imidazole rings is 1. The van der Waals surface area contributed by atoms with Crippen LogP contribution in [0.15, 0.2) is 35.7 Å². The molecule has 3 rings (SSSR count). The summed E-state index contributed by atoms with van der Waals surface area (Å²) in [6.07, 6.45) is 0. The molecular formula is C16H13FN4O3. The number of aromatic nitrogens is 2. The number of ether oxygens (including phenoxy) is 2. The summed E-state index contributed by atoms with van der Waals surface area (Å²) >= 11 is 0. The van der Waals surface area contributed by atoms with Crippen molar-refractivity contribution in [2.75, 3.05) is 6.61 Å². The van der Waals surface area contributed by atoms with E-state index in [9.17, 15) is 14.4 Å². The Labute approximate surface area is 136 Å². The first-order chi connectivity index (χ1) is 11.5. The maximum Gasteiger partial charge on any atom is 0.374 e. The minimum atomic E-state index is -0.717. The van der Waals surface area contributed by atoms with E-state index >= 15 is 0 Å². The molecule has 1 unspecified atom stereocenters. The smallest absolute Gasteiger partial charge is 0.374 e. The van der Waals surface area contributed by atoms with Crippen molar-refractivity contribution in [1.82, 2.24) is 9.97 Å². The molecule has 1 aliphatic heterocycles. The predicted octanol–water partition coefficient (Wildman–Crippen LogP) is 1.94. The van der Waals surface area contributed by atoms with E-state index in [4.69, 9.17) is 15.2 Å². The van der Waals surface area contributed by atoms with Crippen molar-refractivity contribution in [3.8, 4) is 11.9 Å². The Bertz CT molecular complexity index is 882. The lowest BCUT2D eigenvalue weighted by Crippen LogP contribution is -2.21. The van der Waals surface area contributed by atoms with Crippen LogP contribution in [0.1, 0.15) is 34.7 Å². The SMILES string of the molecule is CCOC(=O)c1nc2c([nH]1)C(c1cccc(F)c1)C(C#N)=C(N)O2. The zero-order valence-corrected chi connectivity index (χ0v) is 12.7. The van der Waals surface area contributed by atoms with Crippen LogP contribution in [0.25, 0.3) is 0 Å². The number of benzene rings is 1. The van der Waals surface area contributed by atoms with E-state index in [1.165, 1.54) is 18.2 Å². The number of fused-ring (bicyclic) bond motifs is 1. The molecule has 0 fully saturated rings. The van der Waals surface area contributed by atoms with Crippen LogP contribution in [0, 0.1) is 17.1 Å². The lowest BCUT2D eigenvalue weighted by atomic mass is 9.88. The third-order valence-electron chi connectivity index (χ3n) is 3.52. The summed E-state index contributed by atoms with van der Waals surface area (Å²) in [4.78, 5) is 18.7. The van der Waals surface area contributed by atoms with Crippen LogP contribution in [0.4, 0.5) is 4.39 Å². The number of aromatic amines is 1. The number of carbonyl (C=O) groups is 1. The summed E-state index contributed by atoms with van der Waals surface area (Å²) in [5.74, 6) is -1.99. The molecule has 1 aliphatic rings. The molecule has 0 amide bonds. The van der Waals surface area contributed by atoms with E-state index < -0.39 is 17.7 Å². The molecule has 24 heavy (non-hydrogen) atoms. The first-order valence-electron chi connectivity index (χ1n) is 7.15. The fraction of sp³-hybridized carbons (Fsp3) is 0.188. The number of esters is 1. The number of rotatable bonds is 3. The van der Waals surface area contributed by atoms with Gasteiger partial charge in [0.2, 0.25) is 17.6 Å². The number of H-pyrrole nitrogens is 1. The second-order valence-corrected chi connectivity index (χ2v) is 5.00. The first-order valence-corrected chi connectivity index (χ1v) is 7.15. The van der Waals surface area contributed by atoms with Crippen LogP contribution in [0.3, 0.4) is 0 Å². The highest BCUT2D eigenvalue weighted by atomic mass is 19.1. The molecule has 2 heterocycles. The van der Waals surface area contributed by atoms with Crippen molar-refractivity contribution >= 4 is 5.97 Å². The molecule has 0 bridgehead atoms. The van der Waals surface area contributed by atoms with Crippen LogP contribution >= 0.6 is 0 Å². The van der Waals surface area contributed by atoms with E-state index in [2.05, 4.69) is 9.97 Å². The number of nitriles is 1. The number of nitrogens with zero attached hydrogens (tertiary/aromatic N) is 2. The highest BCUT2D eigenvalue weighted by Gasteiger charge is 2.35. The van der Waals surface area contributed by atoms with Gasteiger partial charge in [0, 0.05) is 0 Å². The van der Waals surface area contributed by atoms with Gasteiger partial charge in [0.1, 0.15) is 17.5 Å². The minimum absolute atomic E-state index is 0.0591. The molecule has 0 saturated heterocycles. The number of halogens is 1. The van der Waals surface area contributed by atoms with E-state index in [0.29, 0.717) is 11.3 Å². The van der Waals surface area contributed by atoms with Crippen molar-refractivity contribution < 1.29 is 18.7 Å². The fourth-order valence-electron chi connectivity index (χ4n) is 2.53. The van der Waals surface area contributed by atoms with Crippen LogP contribution in [0.2, 0.25) is 0 Å². The van der Waals surface area contributed by atoms with Crippen LogP contribution < -0.4 is 10.5 Å². The van der Waals surface area contributed by atoms with Gasteiger partial charge in [-0.05, 0) is 24.6 Å². The third-order valence-corrected chi connectivity index (χ3v) is 3.52. The molecule has 2 aromatic rings. The number of hydrogen-bond acceptors (Lipinski definition) is 6. The monoisotopic (exact) mass is 328 g/mol. The Morgan fingerprint density at radius 2 is 2.38 bits per heavy atom. The second-order valence-electron chi connectivity index (χ2n) is 5.00. The minimum Gasteiger partial charge on any atom is -0.460 e. The number of hydrogen-bond donors (Lipinski definition) is 2. The van der Waals surface area contributed by atoms with Gasteiger partial charge in [-0.25, -0.2) is 9.18 Å². The van der Waals surface area contributed by atoms with E-state index in [1.807, 2.05) is 6.07 Å². The summed E-state index contributed by atoms with van der Waals surface area (Å²) < 4.78 is 23.8. The Morgan fingerprint density at radius 3 is 3.04 bits per heavy atom. The van der Waals surface area contributed by atoms with Crippen molar-refractivity contribution in [3.05, 3.63) is 58.6 Å². The van der Waals surface area contributed by atoms with Gasteiger partial charge in [0.25, 0.3) is 0 Å². The maximum atomic E-state index is 13.6. The lowest BCUT2D eigenvalue weighted by molar-refractivity contribution is 0.0512. The summed E-state index contributed by atoms with van der Waals surface area (Å²) in [6.45, 7) is 1.85. The molecule has 0 aliphatic carbocycles. The summed E-state index contributed by atoms with van der Waals surface area (Å²) in [5, 5.41) is 9.40. The number of allylic oxidation sites excluding steroid dienone is 1. The molecular weight excluding hydrogens is 315 g/mol. The van der Waals surface area contributed by atoms with Gasteiger partial charge < -0.3 is 20.2 Å². The number of nitrogens with one attached hydrogen (secondary N) is 1. The van der Waals surface area contributed by atoms with Gasteiger partial charge in [0.05, 0.1) is 18.2 Å². The highest BCUT2D eigenvalue weighted by molar-refractivity contribution is 5.85. The highest BCUT2D eigenvalue weighted by Crippen LogP contribution is 2.40. The van der Waals surface area contributed by atoms with Gasteiger partial charge in [-0.1, -0.05) is 12.1 Å². The standard InChI is InChI=1S/C16H13FN4O3/c1-2-23-16(22)14-20-12-11(8-4-3-5-9(17)6-8)10(7-18)13(19)24-15(12)21-14/h3-6,11H,2,19H2,1H3,(H,20,21). The van der Waals surface area contributed by atoms with Gasteiger partial charge in [0.15, 0.2) is 0 Å². The Morgan fingerprint density at radius 1 is 1.58 bits per heavy atom. The summed E-state index contributed by atoms with van der Waals surface area (Å²) in [6, 6.07) is 7.72. The zero-order valence-electron chi connectivity index (χ0n) is 12.7. The topological polar surface area (TPSA) is 114 Å². The molecule has 3 N–H and O–H groups in total. The molecule has 122 valence electrons. The quantitative estimate of drug-likeness (QED) is 0.832. The van der Waals surface area contributed by atoms with Gasteiger partial charge in [-0.2, -0.15) is 10.2 Å².